The molecule has 2 aromatic carbocycles. The van der Waals surface area contributed by atoms with Crippen LogP contribution in [0.2, 0.25) is 0 Å². The third-order valence-electron chi connectivity index (χ3n) is 5.84. The lowest BCUT2D eigenvalue weighted by molar-refractivity contribution is 0.607. The monoisotopic (exact) mass is 418 g/mol. The Morgan fingerprint density at radius 1 is 1.03 bits per heavy atom. The number of aliphatic imine (C=N–C) groups is 1. The molecule has 0 saturated heterocycles. The van der Waals surface area contributed by atoms with Crippen LogP contribution < -0.4 is 16.2 Å². The predicted molar refractivity (Wildman–Crippen MR) is 122 cm³/mol. The number of aromatic nitrogens is 1. The summed E-state index contributed by atoms with van der Waals surface area (Å²) in [7, 11) is 1.75. The van der Waals surface area contributed by atoms with Crippen molar-refractivity contribution in [3.8, 4) is 0 Å². The Hall–Kier alpha value is -3.41. The molecule has 160 valence electrons. The largest absolute Gasteiger partial charge is 0.356 e. The van der Waals surface area contributed by atoms with Crippen molar-refractivity contribution < 1.29 is 4.39 Å². The number of hydrogen-bond acceptors (Lipinski definition) is 2. The van der Waals surface area contributed by atoms with Crippen LogP contribution in [0.15, 0.2) is 82.7 Å². The lowest BCUT2D eigenvalue weighted by Gasteiger charge is -2.19. The molecule has 1 aliphatic carbocycles. The molecule has 5 nitrogen and oxygen atoms in total. The molecule has 0 unspecified atom stereocenters. The highest BCUT2D eigenvalue weighted by atomic mass is 19.1. The van der Waals surface area contributed by atoms with Gasteiger partial charge in [0.05, 0.1) is 6.54 Å². The van der Waals surface area contributed by atoms with E-state index < -0.39 is 0 Å². The molecule has 3 aromatic rings. The van der Waals surface area contributed by atoms with Gasteiger partial charge in [0.15, 0.2) is 5.96 Å². The van der Waals surface area contributed by atoms with Crippen LogP contribution in [0, 0.1) is 5.82 Å². The molecule has 0 radical (unpaired) electrons. The minimum Gasteiger partial charge on any atom is -0.356 e. The first-order chi connectivity index (χ1) is 15.1. The van der Waals surface area contributed by atoms with Crippen molar-refractivity contribution in [2.45, 2.75) is 31.3 Å². The van der Waals surface area contributed by atoms with Crippen molar-refractivity contribution in [2.24, 2.45) is 4.99 Å². The van der Waals surface area contributed by atoms with E-state index in [4.69, 9.17) is 0 Å². The van der Waals surface area contributed by atoms with Crippen LogP contribution in [0.4, 0.5) is 4.39 Å². The Labute approximate surface area is 181 Å². The van der Waals surface area contributed by atoms with Crippen LogP contribution in [0.1, 0.15) is 29.5 Å². The van der Waals surface area contributed by atoms with Gasteiger partial charge in [0.25, 0.3) is 5.56 Å². The summed E-state index contributed by atoms with van der Waals surface area (Å²) in [5.74, 6) is 0.537. The zero-order chi connectivity index (χ0) is 21.7. The number of nitrogens with zero attached hydrogens (tertiary/aromatic N) is 2. The molecule has 0 amide bonds. The number of hydrogen-bond donors (Lipinski definition) is 2. The summed E-state index contributed by atoms with van der Waals surface area (Å²) < 4.78 is 15.3. The van der Waals surface area contributed by atoms with Gasteiger partial charge in [-0.25, -0.2) is 4.39 Å². The van der Waals surface area contributed by atoms with Crippen LogP contribution in [0.25, 0.3) is 0 Å². The molecule has 0 aliphatic heterocycles. The number of nitrogens with one attached hydrogen (secondary N) is 2. The van der Waals surface area contributed by atoms with E-state index in [2.05, 4.69) is 27.8 Å². The molecule has 31 heavy (non-hydrogen) atoms. The zero-order valence-electron chi connectivity index (χ0n) is 17.6. The lowest BCUT2D eigenvalue weighted by Crippen LogP contribution is -2.40. The SMILES string of the molecule is CN=C(NCc1ccc(Cn2ccccc2=O)cc1)NCC1(c2cccc(F)c2)CC1. The van der Waals surface area contributed by atoms with E-state index >= 15 is 0 Å². The predicted octanol–water partition coefficient (Wildman–Crippen LogP) is 3.43. The Bertz CT molecular complexity index is 1120. The number of guanidine groups is 1. The second kappa shape index (κ2) is 9.16. The van der Waals surface area contributed by atoms with Crippen molar-refractivity contribution in [2.75, 3.05) is 13.6 Å². The van der Waals surface area contributed by atoms with Crippen molar-refractivity contribution in [1.29, 1.82) is 0 Å². The number of halogens is 1. The molecule has 0 atom stereocenters. The second-order valence-corrected chi connectivity index (χ2v) is 8.05. The molecular weight excluding hydrogens is 391 g/mol. The summed E-state index contributed by atoms with van der Waals surface area (Å²) in [4.78, 5) is 16.2. The molecular formula is C25H27FN4O. The normalized spacial score (nSPS) is 14.8. The van der Waals surface area contributed by atoms with E-state index in [1.807, 2.05) is 24.3 Å². The summed E-state index contributed by atoms with van der Waals surface area (Å²) in [5, 5.41) is 6.73. The Balaban J connectivity index is 1.30. The highest BCUT2D eigenvalue weighted by Crippen LogP contribution is 2.47. The highest BCUT2D eigenvalue weighted by molar-refractivity contribution is 5.79. The van der Waals surface area contributed by atoms with E-state index in [9.17, 15) is 9.18 Å². The van der Waals surface area contributed by atoms with Gasteiger partial charge < -0.3 is 15.2 Å². The summed E-state index contributed by atoms with van der Waals surface area (Å²) >= 11 is 0. The van der Waals surface area contributed by atoms with E-state index in [-0.39, 0.29) is 16.8 Å². The maximum absolute atomic E-state index is 13.6. The maximum Gasteiger partial charge on any atom is 0.250 e. The standard InChI is InChI=1S/C25H27FN4O/c1-27-24(29-18-25(12-13-25)21-5-4-6-22(26)15-21)28-16-19-8-10-20(11-9-19)17-30-14-3-2-7-23(30)31/h2-11,14-15H,12-13,16-18H2,1H3,(H2,27,28,29). The van der Waals surface area contributed by atoms with Crippen LogP contribution in [-0.2, 0) is 18.5 Å². The molecule has 6 heteroatoms. The molecule has 1 saturated carbocycles. The van der Waals surface area contributed by atoms with Gasteiger partial charge in [-0.3, -0.25) is 9.79 Å². The average molecular weight is 419 g/mol. The summed E-state index contributed by atoms with van der Waals surface area (Å²) in [6, 6.07) is 20.2. The summed E-state index contributed by atoms with van der Waals surface area (Å²) in [6.45, 7) is 1.91. The third-order valence-corrected chi connectivity index (χ3v) is 5.84. The fourth-order valence-electron chi connectivity index (χ4n) is 3.75. The minimum absolute atomic E-state index is 0.00309. The van der Waals surface area contributed by atoms with Crippen molar-refractivity contribution >= 4 is 5.96 Å². The summed E-state index contributed by atoms with van der Waals surface area (Å²) in [5.41, 5.74) is 3.23. The first-order valence-electron chi connectivity index (χ1n) is 10.5. The Morgan fingerprint density at radius 2 is 1.81 bits per heavy atom. The van der Waals surface area contributed by atoms with Gasteiger partial charge in [-0.1, -0.05) is 42.5 Å². The molecule has 2 N–H and O–H groups in total. The average Bonchev–Trinajstić information content (AvgIpc) is 3.58. The molecule has 4 rings (SSSR count). The van der Waals surface area contributed by atoms with Gasteiger partial charge in [-0.15, -0.1) is 0 Å². The Morgan fingerprint density at radius 3 is 2.48 bits per heavy atom. The first-order valence-corrected chi connectivity index (χ1v) is 10.5. The van der Waals surface area contributed by atoms with Crippen molar-refractivity contribution in [1.82, 2.24) is 15.2 Å². The van der Waals surface area contributed by atoms with Gasteiger partial charge in [-0.2, -0.15) is 0 Å². The summed E-state index contributed by atoms with van der Waals surface area (Å²) in [6.07, 6.45) is 3.89. The second-order valence-electron chi connectivity index (χ2n) is 8.05. The van der Waals surface area contributed by atoms with Gasteiger partial charge in [0.1, 0.15) is 5.82 Å². The van der Waals surface area contributed by atoms with E-state index in [1.165, 1.54) is 6.07 Å². The Kier molecular flexibility index (Phi) is 6.16. The quantitative estimate of drug-likeness (QED) is 0.457. The fourth-order valence-corrected chi connectivity index (χ4v) is 3.75. The topological polar surface area (TPSA) is 58.4 Å². The zero-order valence-corrected chi connectivity index (χ0v) is 17.6. The molecule has 1 fully saturated rings. The minimum atomic E-state index is -0.188. The lowest BCUT2D eigenvalue weighted by atomic mass is 9.96. The molecule has 1 aromatic heterocycles. The number of pyridine rings is 1. The van der Waals surface area contributed by atoms with Gasteiger partial charge in [0, 0.05) is 37.8 Å². The van der Waals surface area contributed by atoms with Crippen molar-refractivity contribution in [3.63, 3.8) is 0 Å². The van der Waals surface area contributed by atoms with E-state index in [0.717, 1.165) is 42.0 Å². The molecule has 0 bridgehead atoms. The molecule has 0 spiro atoms. The first kappa shape index (κ1) is 20.8. The van der Waals surface area contributed by atoms with Crippen LogP contribution >= 0.6 is 0 Å². The fraction of sp³-hybridized carbons (Fsp3) is 0.280. The highest BCUT2D eigenvalue weighted by Gasteiger charge is 2.44. The smallest absolute Gasteiger partial charge is 0.250 e. The van der Waals surface area contributed by atoms with Gasteiger partial charge in [-0.05, 0) is 47.7 Å². The van der Waals surface area contributed by atoms with Crippen LogP contribution in [0.3, 0.4) is 0 Å². The maximum atomic E-state index is 13.6. The van der Waals surface area contributed by atoms with Crippen LogP contribution in [-0.4, -0.2) is 24.1 Å². The van der Waals surface area contributed by atoms with E-state index in [1.54, 1.807) is 42.1 Å². The van der Waals surface area contributed by atoms with Crippen LogP contribution in [0.5, 0.6) is 0 Å². The number of rotatable bonds is 7. The van der Waals surface area contributed by atoms with Crippen molar-refractivity contribution in [3.05, 3.63) is 106 Å². The van der Waals surface area contributed by atoms with Gasteiger partial charge >= 0.3 is 0 Å². The third kappa shape index (κ3) is 5.20. The molecule has 1 aliphatic rings. The number of benzene rings is 2. The van der Waals surface area contributed by atoms with E-state index in [0.29, 0.717) is 13.1 Å². The van der Waals surface area contributed by atoms with Gasteiger partial charge in [0.2, 0.25) is 0 Å². The molecule has 1 heterocycles.